The molecule has 1 amide bonds. The molecule has 0 spiro atoms. The summed E-state index contributed by atoms with van der Waals surface area (Å²) in [6.07, 6.45) is 0.271. The third-order valence-corrected chi connectivity index (χ3v) is 4.47. The lowest BCUT2D eigenvalue weighted by Gasteiger charge is -2.09. The molecule has 5 nitrogen and oxygen atoms in total. The number of rotatable bonds is 6. The summed E-state index contributed by atoms with van der Waals surface area (Å²) in [6, 6.07) is 6.21. The van der Waals surface area contributed by atoms with Gasteiger partial charge in [0.2, 0.25) is 5.91 Å². The van der Waals surface area contributed by atoms with Gasteiger partial charge in [0.1, 0.15) is 17.4 Å². The van der Waals surface area contributed by atoms with Crippen molar-refractivity contribution in [1.29, 1.82) is 5.26 Å². The van der Waals surface area contributed by atoms with Gasteiger partial charge in [-0.15, -0.1) is 11.3 Å². The van der Waals surface area contributed by atoms with Gasteiger partial charge in [-0.2, -0.15) is 5.26 Å². The van der Waals surface area contributed by atoms with Gasteiger partial charge in [-0.25, -0.2) is 4.39 Å². The molecule has 0 radical (unpaired) electrons. The van der Waals surface area contributed by atoms with Crippen LogP contribution in [0.4, 0.5) is 10.1 Å². The van der Waals surface area contributed by atoms with Gasteiger partial charge < -0.3 is 15.6 Å². The lowest BCUT2D eigenvalue weighted by molar-refractivity contribution is -0.120. The molecule has 0 aliphatic carbocycles. The zero-order valence-electron chi connectivity index (χ0n) is 12.4. The van der Waals surface area contributed by atoms with E-state index in [9.17, 15) is 9.18 Å². The SMILES string of the molecule is Cc1[nH]c(=S)sc1CC(=O)NCCNc1cccc(F)c1C#N. The van der Waals surface area contributed by atoms with Gasteiger partial charge in [-0.3, -0.25) is 4.79 Å². The quantitative estimate of drug-likeness (QED) is 0.553. The van der Waals surface area contributed by atoms with Crippen molar-refractivity contribution in [2.45, 2.75) is 13.3 Å². The summed E-state index contributed by atoms with van der Waals surface area (Å²) < 4.78 is 14.1. The standard InChI is InChI=1S/C15H15FN4OS2/c1-9-13(23-15(22)20-9)7-14(21)19-6-5-18-12-4-2-3-11(16)10(12)8-17/h2-4,18H,5-7H2,1H3,(H,19,21)(H,20,22). The van der Waals surface area contributed by atoms with Crippen LogP contribution in [-0.2, 0) is 11.2 Å². The van der Waals surface area contributed by atoms with Crippen molar-refractivity contribution in [2.24, 2.45) is 0 Å². The van der Waals surface area contributed by atoms with Crippen LogP contribution in [0.5, 0.6) is 0 Å². The summed E-state index contributed by atoms with van der Waals surface area (Å²) in [5.74, 6) is -0.675. The average Bonchev–Trinajstić information content (AvgIpc) is 2.81. The minimum absolute atomic E-state index is 0.0263. The zero-order valence-corrected chi connectivity index (χ0v) is 14.0. The molecular weight excluding hydrogens is 335 g/mol. The second kappa shape index (κ2) is 7.85. The number of aryl methyl sites for hydroxylation is 1. The Labute approximate surface area is 142 Å². The monoisotopic (exact) mass is 350 g/mol. The molecule has 1 heterocycles. The number of benzene rings is 1. The fraction of sp³-hybridized carbons (Fsp3) is 0.267. The van der Waals surface area contributed by atoms with Crippen LogP contribution >= 0.6 is 23.6 Å². The van der Waals surface area contributed by atoms with Gasteiger partial charge >= 0.3 is 0 Å². The van der Waals surface area contributed by atoms with Crippen molar-refractivity contribution in [2.75, 3.05) is 18.4 Å². The van der Waals surface area contributed by atoms with Crippen LogP contribution in [0.25, 0.3) is 0 Å². The van der Waals surface area contributed by atoms with E-state index in [1.54, 1.807) is 6.07 Å². The maximum absolute atomic E-state index is 13.4. The van der Waals surface area contributed by atoms with Crippen molar-refractivity contribution >= 4 is 35.1 Å². The third-order valence-electron chi connectivity index (χ3n) is 3.13. The van der Waals surface area contributed by atoms with E-state index in [1.807, 2.05) is 13.0 Å². The molecule has 0 aliphatic rings. The average molecular weight is 350 g/mol. The molecule has 0 saturated carbocycles. The van der Waals surface area contributed by atoms with Crippen molar-refractivity contribution in [3.63, 3.8) is 0 Å². The van der Waals surface area contributed by atoms with E-state index in [2.05, 4.69) is 15.6 Å². The van der Waals surface area contributed by atoms with Gasteiger partial charge in [-0.05, 0) is 31.3 Å². The molecule has 8 heteroatoms. The predicted octanol–water partition coefficient (Wildman–Crippen LogP) is 2.90. The van der Waals surface area contributed by atoms with E-state index < -0.39 is 5.82 Å². The molecule has 0 aliphatic heterocycles. The minimum atomic E-state index is -0.564. The smallest absolute Gasteiger partial charge is 0.225 e. The Morgan fingerprint density at radius 3 is 2.91 bits per heavy atom. The van der Waals surface area contributed by atoms with Crippen molar-refractivity contribution in [1.82, 2.24) is 10.3 Å². The van der Waals surface area contributed by atoms with E-state index in [-0.39, 0.29) is 17.9 Å². The topological polar surface area (TPSA) is 80.7 Å². The number of nitrogens with zero attached hydrogens (tertiary/aromatic N) is 1. The molecule has 120 valence electrons. The number of nitrogens with one attached hydrogen (secondary N) is 3. The lowest BCUT2D eigenvalue weighted by atomic mass is 10.2. The first-order valence-corrected chi connectivity index (χ1v) is 8.11. The van der Waals surface area contributed by atoms with Crippen molar-refractivity contribution in [3.05, 3.63) is 44.1 Å². The normalized spacial score (nSPS) is 10.1. The third kappa shape index (κ3) is 4.61. The van der Waals surface area contributed by atoms with Crippen LogP contribution < -0.4 is 10.6 Å². The Bertz CT molecular complexity index is 807. The second-order valence-electron chi connectivity index (χ2n) is 4.79. The molecular formula is C15H15FN4OS2. The van der Waals surface area contributed by atoms with Gasteiger partial charge in [0.05, 0.1) is 12.1 Å². The molecule has 1 aromatic heterocycles. The highest BCUT2D eigenvalue weighted by atomic mass is 32.1. The minimum Gasteiger partial charge on any atom is -0.382 e. The predicted molar refractivity (Wildman–Crippen MR) is 90.6 cm³/mol. The number of carbonyl (C=O) groups is 1. The highest BCUT2D eigenvalue weighted by molar-refractivity contribution is 7.73. The maximum Gasteiger partial charge on any atom is 0.225 e. The molecule has 0 unspecified atom stereocenters. The Morgan fingerprint density at radius 2 is 2.26 bits per heavy atom. The number of aromatic amines is 1. The van der Waals surface area contributed by atoms with Gasteiger partial charge in [0.15, 0.2) is 3.95 Å². The zero-order chi connectivity index (χ0) is 16.8. The first-order chi connectivity index (χ1) is 11.0. The van der Waals surface area contributed by atoms with Crippen LogP contribution in [0.1, 0.15) is 16.1 Å². The Balaban J connectivity index is 1.81. The molecule has 0 bridgehead atoms. The summed E-state index contributed by atoms with van der Waals surface area (Å²) in [5.41, 5.74) is 1.30. The molecule has 3 N–H and O–H groups in total. The van der Waals surface area contributed by atoms with Crippen LogP contribution in [-0.4, -0.2) is 24.0 Å². The van der Waals surface area contributed by atoms with Crippen molar-refractivity contribution < 1.29 is 9.18 Å². The molecule has 0 fully saturated rings. The summed E-state index contributed by atoms with van der Waals surface area (Å²) in [6.45, 7) is 2.64. The number of anilines is 1. The van der Waals surface area contributed by atoms with E-state index in [1.165, 1.54) is 23.5 Å². The number of halogens is 1. The number of amides is 1. The maximum atomic E-state index is 13.4. The molecule has 0 atom stereocenters. The van der Waals surface area contributed by atoms with E-state index in [0.717, 1.165) is 10.6 Å². The van der Waals surface area contributed by atoms with Crippen LogP contribution in [0.2, 0.25) is 0 Å². The highest BCUT2D eigenvalue weighted by Gasteiger charge is 2.09. The van der Waals surface area contributed by atoms with Gasteiger partial charge in [0.25, 0.3) is 0 Å². The number of nitriles is 1. The summed E-state index contributed by atoms with van der Waals surface area (Å²) >= 11 is 6.42. The first-order valence-electron chi connectivity index (χ1n) is 6.89. The van der Waals surface area contributed by atoms with Crippen LogP contribution in [0, 0.1) is 28.0 Å². The number of hydrogen-bond donors (Lipinski definition) is 3. The number of hydrogen-bond acceptors (Lipinski definition) is 5. The molecule has 2 rings (SSSR count). The molecule has 2 aromatic rings. The van der Waals surface area contributed by atoms with E-state index >= 15 is 0 Å². The number of thiazole rings is 1. The summed E-state index contributed by atoms with van der Waals surface area (Å²) in [4.78, 5) is 15.8. The lowest BCUT2D eigenvalue weighted by Crippen LogP contribution is -2.30. The van der Waals surface area contributed by atoms with E-state index in [4.69, 9.17) is 17.5 Å². The molecule has 1 aromatic carbocycles. The fourth-order valence-electron chi connectivity index (χ4n) is 2.00. The largest absolute Gasteiger partial charge is 0.382 e. The number of carbonyl (C=O) groups excluding carboxylic acids is 1. The second-order valence-corrected chi connectivity index (χ2v) is 6.56. The van der Waals surface area contributed by atoms with Crippen LogP contribution in [0.15, 0.2) is 18.2 Å². The summed E-state index contributed by atoms with van der Waals surface area (Å²) in [5, 5.41) is 14.6. The van der Waals surface area contributed by atoms with Crippen LogP contribution in [0.3, 0.4) is 0 Å². The Hall–Kier alpha value is -2.24. The Morgan fingerprint density at radius 1 is 1.48 bits per heavy atom. The van der Waals surface area contributed by atoms with Gasteiger partial charge in [0, 0.05) is 23.7 Å². The number of H-pyrrole nitrogens is 1. The highest BCUT2D eigenvalue weighted by Crippen LogP contribution is 2.17. The van der Waals surface area contributed by atoms with E-state index in [0.29, 0.717) is 22.7 Å². The molecule has 0 saturated heterocycles. The molecule has 23 heavy (non-hydrogen) atoms. The van der Waals surface area contributed by atoms with Crippen molar-refractivity contribution in [3.8, 4) is 6.07 Å². The Kier molecular flexibility index (Phi) is 5.84. The van der Waals surface area contributed by atoms with Gasteiger partial charge in [-0.1, -0.05) is 6.07 Å². The fourth-order valence-corrected chi connectivity index (χ4v) is 3.29. The first kappa shape index (κ1) is 17.1. The summed E-state index contributed by atoms with van der Waals surface area (Å²) in [7, 11) is 0. The number of aromatic nitrogens is 1.